The summed E-state index contributed by atoms with van der Waals surface area (Å²) in [6.07, 6.45) is 3.26. The van der Waals surface area contributed by atoms with Crippen LogP contribution in [-0.2, 0) is 4.79 Å². The summed E-state index contributed by atoms with van der Waals surface area (Å²) in [6.45, 7) is 0. The molecular weight excluding hydrogens is 306 g/mol. The molecule has 1 aromatic heterocycles. The molecule has 21 heavy (non-hydrogen) atoms. The van der Waals surface area contributed by atoms with E-state index in [0.29, 0.717) is 26.4 Å². The molecular formula is C15H11NO3S2. The van der Waals surface area contributed by atoms with Crippen LogP contribution in [0.15, 0.2) is 52.0 Å². The highest BCUT2D eigenvalue weighted by molar-refractivity contribution is 8.27. The first kappa shape index (κ1) is 13.9. The molecule has 2 heterocycles. The van der Waals surface area contributed by atoms with E-state index < -0.39 is 0 Å². The molecule has 0 spiro atoms. The number of hydrogen-bond acceptors (Lipinski definition) is 5. The molecule has 0 unspecified atom stereocenters. The highest BCUT2D eigenvalue weighted by Crippen LogP contribution is 2.36. The van der Waals surface area contributed by atoms with Gasteiger partial charge in [-0.25, -0.2) is 0 Å². The van der Waals surface area contributed by atoms with Crippen LogP contribution < -0.4 is 9.64 Å². The number of ether oxygens (including phenoxy) is 1. The molecule has 3 rings (SSSR count). The van der Waals surface area contributed by atoms with Crippen molar-refractivity contribution in [2.45, 2.75) is 0 Å². The van der Waals surface area contributed by atoms with Crippen molar-refractivity contribution in [2.75, 3.05) is 12.0 Å². The predicted octanol–water partition coefficient (Wildman–Crippen LogP) is 3.69. The summed E-state index contributed by atoms with van der Waals surface area (Å²) in [7, 11) is 1.58. The van der Waals surface area contributed by atoms with Crippen molar-refractivity contribution in [3.63, 3.8) is 0 Å². The first-order valence-electron chi connectivity index (χ1n) is 6.14. The Morgan fingerprint density at radius 2 is 2.19 bits per heavy atom. The first-order chi connectivity index (χ1) is 10.2. The van der Waals surface area contributed by atoms with Crippen LogP contribution in [0, 0.1) is 0 Å². The number of nitrogens with zero attached hydrogens (tertiary/aromatic N) is 1. The van der Waals surface area contributed by atoms with E-state index in [4.69, 9.17) is 21.4 Å². The van der Waals surface area contributed by atoms with Crippen LogP contribution >= 0.6 is 24.0 Å². The lowest BCUT2D eigenvalue weighted by molar-refractivity contribution is -0.113. The lowest BCUT2D eigenvalue weighted by Crippen LogP contribution is -2.27. The summed E-state index contributed by atoms with van der Waals surface area (Å²) < 4.78 is 10.9. The number of thiocarbonyl (C=S) groups is 1. The van der Waals surface area contributed by atoms with E-state index in [0.717, 1.165) is 0 Å². The molecule has 0 N–H and O–H groups in total. The molecule has 0 saturated carbocycles. The van der Waals surface area contributed by atoms with Crippen molar-refractivity contribution in [3.05, 3.63) is 53.3 Å². The molecule has 0 bridgehead atoms. The Hall–Kier alpha value is -2.05. The summed E-state index contributed by atoms with van der Waals surface area (Å²) >= 11 is 6.56. The van der Waals surface area contributed by atoms with E-state index in [1.807, 2.05) is 18.2 Å². The number of carbonyl (C=O) groups excluding carboxylic acids is 1. The van der Waals surface area contributed by atoms with Gasteiger partial charge in [0.05, 0.1) is 24.0 Å². The number of furan rings is 1. The Kier molecular flexibility index (Phi) is 3.81. The van der Waals surface area contributed by atoms with Crippen molar-refractivity contribution in [2.24, 2.45) is 0 Å². The minimum absolute atomic E-state index is 0.158. The Labute approximate surface area is 131 Å². The number of carbonyl (C=O) groups is 1. The van der Waals surface area contributed by atoms with Crippen molar-refractivity contribution in [1.82, 2.24) is 0 Å². The number of amides is 1. The van der Waals surface area contributed by atoms with Crippen LogP contribution in [0.2, 0.25) is 0 Å². The standard InChI is InChI=1S/C15H11NO3S2/c1-18-11-5-2-4-10(8-11)16-14(17)13(21-15(16)20)9-12-6-3-7-19-12/h2-9H,1H3/b13-9-. The topological polar surface area (TPSA) is 42.7 Å². The molecule has 4 nitrogen and oxygen atoms in total. The number of benzene rings is 1. The van der Waals surface area contributed by atoms with E-state index in [2.05, 4.69) is 0 Å². The molecule has 1 aromatic carbocycles. The molecule has 1 aliphatic rings. The van der Waals surface area contributed by atoms with Crippen LogP contribution in [0.1, 0.15) is 5.76 Å². The molecule has 1 fully saturated rings. The first-order valence-corrected chi connectivity index (χ1v) is 7.37. The monoisotopic (exact) mass is 317 g/mol. The van der Waals surface area contributed by atoms with Crippen LogP contribution in [-0.4, -0.2) is 17.3 Å². The zero-order chi connectivity index (χ0) is 14.8. The van der Waals surface area contributed by atoms with E-state index in [-0.39, 0.29) is 5.91 Å². The van der Waals surface area contributed by atoms with Crippen LogP contribution in [0.5, 0.6) is 5.75 Å². The number of thioether (sulfide) groups is 1. The van der Waals surface area contributed by atoms with Gasteiger partial charge in [0.25, 0.3) is 5.91 Å². The van der Waals surface area contributed by atoms with Gasteiger partial charge in [0.2, 0.25) is 0 Å². The molecule has 0 radical (unpaired) electrons. The lowest BCUT2D eigenvalue weighted by atomic mass is 10.2. The summed E-state index contributed by atoms with van der Waals surface area (Å²) in [6, 6.07) is 10.8. The zero-order valence-corrected chi connectivity index (χ0v) is 12.7. The third-order valence-electron chi connectivity index (χ3n) is 2.92. The zero-order valence-electron chi connectivity index (χ0n) is 11.1. The molecule has 6 heteroatoms. The maximum absolute atomic E-state index is 12.5. The second-order valence-electron chi connectivity index (χ2n) is 4.23. The van der Waals surface area contributed by atoms with Crippen molar-refractivity contribution >= 4 is 46.0 Å². The summed E-state index contributed by atoms with van der Waals surface area (Å²) in [5, 5.41) is 0. The van der Waals surface area contributed by atoms with Gasteiger partial charge in [-0.05, 0) is 24.3 Å². The maximum Gasteiger partial charge on any atom is 0.270 e. The van der Waals surface area contributed by atoms with E-state index >= 15 is 0 Å². The quantitative estimate of drug-likeness (QED) is 0.638. The van der Waals surface area contributed by atoms with Crippen LogP contribution in [0.3, 0.4) is 0 Å². The van der Waals surface area contributed by atoms with Crippen LogP contribution in [0.25, 0.3) is 6.08 Å². The number of methoxy groups -OCH3 is 1. The van der Waals surface area contributed by atoms with E-state index in [1.54, 1.807) is 37.6 Å². The van der Waals surface area contributed by atoms with E-state index in [1.165, 1.54) is 16.7 Å². The molecule has 0 aliphatic carbocycles. The largest absolute Gasteiger partial charge is 0.497 e. The van der Waals surface area contributed by atoms with Crippen LogP contribution in [0.4, 0.5) is 5.69 Å². The normalized spacial score (nSPS) is 16.8. The predicted molar refractivity (Wildman–Crippen MR) is 87.4 cm³/mol. The fourth-order valence-corrected chi connectivity index (χ4v) is 3.22. The van der Waals surface area contributed by atoms with Gasteiger partial charge in [-0.1, -0.05) is 30.0 Å². The molecule has 1 aliphatic heterocycles. The molecule has 2 aromatic rings. The Bertz CT molecular complexity index is 722. The Morgan fingerprint density at radius 1 is 1.33 bits per heavy atom. The van der Waals surface area contributed by atoms with Crippen molar-refractivity contribution < 1.29 is 13.9 Å². The second kappa shape index (κ2) is 5.75. The van der Waals surface area contributed by atoms with Gasteiger partial charge in [-0.2, -0.15) is 0 Å². The van der Waals surface area contributed by atoms with Gasteiger partial charge in [-0.15, -0.1) is 0 Å². The average Bonchev–Trinajstić information content (AvgIpc) is 3.08. The maximum atomic E-state index is 12.5. The smallest absolute Gasteiger partial charge is 0.270 e. The van der Waals surface area contributed by atoms with Crippen molar-refractivity contribution in [3.8, 4) is 5.75 Å². The second-order valence-corrected chi connectivity index (χ2v) is 5.91. The van der Waals surface area contributed by atoms with E-state index in [9.17, 15) is 4.79 Å². The summed E-state index contributed by atoms with van der Waals surface area (Å²) in [5.74, 6) is 1.15. The van der Waals surface area contributed by atoms with Gasteiger partial charge in [-0.3, -0.25) is 9.69 Å². The number of hydrogen-bond donors (Lipinski definition) is 0. The minimum atomic E-state index is -0.158. The van der Waals surface area contributed by atoms with Gasteiger partial charge < -0.3 is 9.15 Å². The molecule has 0 atom stereocenters. The number of anilines is 1. The number of rotatable bonds is 3. The van der Waals surface area contributed by atoms with Gasteiger partial charge in [0.1, 0.15) is 11.5 Å². The van der Waals surface area contributed by atoms with Gasteiger partial charge >= 0.3 is 0 Å². The third-order valence-corrected chi connectivity index (χ3v) is 4.22. The highest BCUT2D eigenvalue weighted by Gasteiger charge is 2.33. The SMILES string of the molecule is COc1cccc(N2C(=O)/C(=C/c3ccco3)SC2=S)c1. The lowest BCUT2D eigenvalue weighted by Gasteiger charge is -2.15. The van der Waals surface area contributed by atoms with Gasteiger partial charge in [0.15, 0.2) is 4.32 Å². The molecule has 1 amide bonds. The van der Waals surface area contributed by atoms with Gasteiger partial charge in [0, 0.05) is 12.1 Å². The fraction of sp³-hybridized carbons (Fsp3) is 0.0667. The Balaban J connectivity index is 1.93. The minimum Gasteiger partial charge on any atom is -0.497 e. The van der Waals surface area contributed by atoms with Crippen molar-refractivity contribution in [1.29, 1.82) is 0 Å². The Morgan fingerprint density at radius 3 is 2.90 bits per heavy atom. The third kappa shape index (κ3) is 2.72. The highest BCUT2D eigenvalue weighted by atomic mass is 32.2. The summed E-state index contributed by atoms with van der Waals surface area (Å²) in [4.78, 5) is 14.5. The summed E-state index contributed by atoms with van der Waals surface area (Å²) in [5.41, 5.74) is 0.694. The average molecular weight is 317 g/mol. The molecule has 106 valence electrons. The molecule has 1 saturated heterocycles. The fourth-order valence-electron chi connectivity index (χ4n) is 1.94.